The first-order chi connectivity index (χ1) is 8.80. The predicted molar refractivity (Wildman–Crippen MR) is 71.6 cm³/mol. The van der Waals surface area contributed by atoms with Gasteiger partial charge in [-0.25, -0.2) is 8.42 Å². The molecule has 0 amide bonds. The maximum Gasteiger partial charge on any atom is 0.269 e. The summed E-state index contributed by atoms with van der Waals surface area (Å²) in [4.78, 5) is 10.1. The van der Waals surface area contributed by atoms with Crippen LogP contribution in [0.2, 0.25) is 0 Å². The molecule has 19 heavy (non-hydrogen) atoms. The summed E-state index contributed by atoms with van der Waals surface area (Å²) in [5, 5.41) is 10.5. The molecule has 0 aliphatic carbocycles. The Kier molecular flexibility index (Phi) is 3.60. The Hall–Kier alpha value is -1.47. The second kappa shape index (κ2) is 4.90. The Morgan fingerprint density at radius 2 is 1.95 bits per heavy atom. The molecular weight excluding hydrogens is 268 g/mol. The lowest BCUT2D eigenvalue weighted by Gasteiger charge is -2.21. The van der Waals surface area contributed by atoms with Gasteiger partial charge in [0.05, 0.1) is 16.4 Å². The summed E-state index contributed by atoms with van der Waals surface area (Å²) in [7, 11) is -2.99. The van der Waals surface area contributed by atoms with E-state index in [2.05, 4.69) is 0 Å². The molecule has 2 N–H and O–H groups in total. The Balaban J connectivity index is 1.97. The molecule has 0 spiro atoms. The molecule has 0 bridgehead atoms. The number of hydrogen-bond donors (Lipinski definition) is 1. The van der Waals surface area contributed by atoms with Crippen LogP contribution in [0.1, 0.15) is 18.4 Å². The second-order valence-electron chi connectivity index (χ2n) is 5.13. The van der Waals surface area contributed by atoms with Crippen molar-refractivity contribution < 1.29 is 13.3 Å². The van der Waals surface area contributed by atoms with Crippen LogP contribution in [0, 0.1) is 10.1 Å². The molecule has 1 aromatic carbocycles. The van der Waals surface area contributed by atoms with Crippen molar-refractivity contribution in [3.05, 3.63) is 39.9 Å². The van der Waals surface area contributed by atoms with Crippen molar-refractivity contribution in [3.63, 3.8) is 0 Å². The topological polar surface area (TPSA) is 103 Å². The fourth-order valence-corrected chi connectivity index (χ4v) is 4.34. The monoisotopic (exact) mass is 284 g/mol. The quantitative estimate of drug-likeness (QED) is 0.657. The molecule has 0 saturated carbocycles. The van der Waals surface area contributed by atoms with E-state index < -0.39 is 20.3 Å². The van der Waals surface area contributed by atoms with Crippen LogP contribution in [-0.2, 0) is 16.3 Å². The number of hydrogen-bond acceptors (Lipinski definition) is 5. The van der Waals surface area contributed by atoms with Crippen LogP contribution in [0.3, 0.4) is 0 Å². The lowest BCUT2D eigenvalue weighted by atomic mass is 9.92. The van der Waals surface area contributed by atoms with Crippen molar-refractivity contribution in [2.24, 2.45) is 5.73 Å². The first-order valence-corrected chi connectivity index (χ1v) is 7.85. The van der Waals surface area contributed by atoms with E-state index in [1.54, 1.807) is 12.1 Å². The first-order valence-electron chi connectivity index (χ1n) is 6.02. The molecule has 1 atom stereocenters. The highest BCUT2D eigenvalue weighted by Gasteiger charge is 2.38. The molecule has 1 aromatic rings. The third-order valence-corrected chi connectivity index (χ3v) is 5.32. The van der Waals surface area contributed by atoms with Gasteiger partial charge in [-0.3, -0.25) is 10.1 Å². The highest BCUT2D eigenvalue weighted by Crippen LogP contribution is 2.26. The summed E-state index contributed by atoms with van der Waals surface area (Å²) in [5.74, 6) is 0.191. The maximum absolute atomic E-state index is 11.4. The molecule has 7 heteroatoms. The zero-order valence-electron chi connectivity index (χ0n) is 10.4. The number of non-ortho nitro benzene ring substituents is 1. The minimum absolute atomic E-state index is 0.0347. The van der Waals surface area contributed by atoms with Crippen molar-refractivity contribution >= 4 is 15.5 Å². The van der Waals surface area contributed by atoms with Gasteiger partial charge < -0.3 is 5.73 Å². The number of benzene rings is 1. The van der Waals surface area contributed by atoms with E-state index >= 15 is 0 Å². The molecule has 1 unspecified atom stereocenters. The standard InChI is InChI=1S/C12H16N2O4S/c13-12(7-8-19(17,18)9-12)6-5-10-1-3-11(4-2-10)14(15)16/h1-4H,5-9,13H2. The maximum atomic E-state index is 11.4. The number of rotatable bonds is 4. The van der Waals surface area contributed by atoms with E-state index in [1.165, 1.54) is 12.1 Å². The van der Waals surface area contributed by atoms with Crippen LogP contribution in [0.4, 0.5) is 5.69 Å². The fraction of sp³-hybridized carbons (Fsp3) is 0.500. The molecule has 6 nitrogen and oxygen atoms in total. The summed E-state index contributed by atoms with van der Waals surface area (Å²) >= 11 is 0. The van der Waals surface area contributed by atoms with E-state index in [4.69, 9.17) is 5.73 Å². The van der Waals surface area contributed by atoms with Gasteiger partial charge in [0.25, 0.3) is 5.69 Å². The van der Waals surface area contributed by atoms with Gasteiger partial charge in [0.1, 0.15) is 0 Å². The number of nitrogens with two attached hydrogens (primary N) is 1. The van der Waals surface area contributed by atoms with Crippen LogP contribution >= 0.6 is 0 Å². The van der Waals surface area contributed by atoms with Crippen molar-refractivity contribution in [3.8, 4) is 0 Å². The number of aryl methyl sites for hydroxylation is 1. The highest BCUT2D eigenvalue weighted by molar-refractivity contribution is 7.91. The van der Waals surface area contributed by atoms with E-state index in [0.29, 0.717) is 19.3 Å². The highest BCUT2D eigenvalue weighted by atomic mass is 32.2. The number of nitro groups is 1. The van der Waals surface area contributed by atoms with Gasteiger partial charge in [-0.15, -0.1) is 0 Å². The van der Waals surface area contributed by atoms with E-state index in [9.17, 15) is 18.5 Å². The molecular formula is C12H16N2O4S. The van der Waals surface area contributed by atoms with E-state index in [0.717, 1.165) is 5.56 Å². The van der Waals surface area contributed by atoms with Crippen molar-refractivity contribution in [2.45, 2.75) is 24.8 Å². The lowest BCUT2D eigenvalue weighted by molar-refractivity contribution is -0.384. The summed E-state index contributed by atoms with van der Waals surface area (Å²) in [5.41, 5.74) is 6.40. The van der Waals surface area contributed by atoms with Crippen LogP contribution in [0.25, 0.3) is 0 Å². The Morgan fingerprint density at radius 3 is 2.42 bits per heavy atom. The zero-order valence-corrected chi connectivity index (χ0v) is 11.2. The summed E-state index contributed by atoms with van der Waals surface area (Å²) in [6, 6.07) is 6.27. The minimum Gasteiger partial charge on any atom is -0.324 e. The summed E-state index contributed by atoms with van der Waals surface area (Å²) in [6.45, 7) is 0. The average Bonchev–Trinajstić information content (AvgIpc) is 2.62. The molecule has 104 valence electrons. The molecule has 2 rings (SSSR count). The molecule has 1 saturated heterocycles. The van der Waals surface area contributed by atoms with Crippen molar-refractivity contribution in [1.29, 1.82) is 0 Å². The third-order valence-electron chi connectivity index (χ3n) is 3.48. The fourth-order valence-electron chi connectivity index (χ4n) is 2.32. The lowest BCUT2D eigenvalue weighted by Crippen LogP contribution is -2.41. The van der Waals surface area contributed by atoms with Crippen LogP contribution in [-0.4, -0.2) is 30.4 Å². The largest absolute Gasteiger partial charge is 0.324 e. The average molecular weight is 284 g/mol. The molecule has 1 aliphatic rings. The minimum atomic E-state index is -2.99. The Labute approximate surface area is 111 Å². The Morgan fingerprint density at radius 1 is 1.32 bits per heavy atom. The van der Waals surface area contributed by atoms with E-state index in [-0.39, 0.29) is 17.2 Å². The Bertz CT molecular complexity index is 582. The molecule has 1 heterocycles. The van der Waals surface area contributed by atoms with Crippen LogP contribution in [0.15, 0.2) is 24.3 Å². The number of sulfone groups is 1. The number of nitrogens with zero attached hydrogens (tertiary/aromatic N) is 1. The molecule has 0 radical (unpaired) electrons. The SMILES string of the molecule is NC1(CCc2ccc([N+](=O)[O-])cc2)CCS(=O)(=O)C1. The normalized spacial score (nSPS) is 25.3. The van der Waals surface area contributed by atoms with Gasteiger partial charge in [-0.2, -0.15) is 0 Å². The molecule has 1 fully saturated rings. The van der Waals surface area contributed by atoms with Crippen molar-refractivity contribution in [1.82, 2.24) is 0 Å². The van der Waals surface area contributed by atoms with E-state index in [1.807, 2.05) is 0 Å². The first kappa shape index (κ1) is 14.0. The van der Waals surface area contributed by atoms with Crippen molar-refractivity contribution in [2.75, 3.05) is 11.5 Å². The van der Waals surface area contributed by atoms with Gasteiger partial charge in [0, 0.05) is 17.7 Å². The summed E-state index contributed by atoms with van der Waals surface area (Å²) < 4.78 is 22.8. The molecule has 1 aliphatic heterocycles. The third kappa shape index (κ3) is 3.51. The second-order valence-corrected chi connectivity index (χ2v) is 7.31. The van der Waals surface area contributed by atoms with Gasteiger partial charge in [-0.1, -0.05) is 12.1 Å². The zero-order chi connectivity index (χ0) is 14.1. The predicted octanol–water partition coefficient (Wildman–Crippen LogP) is 1.04. The smallest absolute Gasteiger partial charge is 0.269 e. The van der Waals surface area contributed by atoms with Crippen LogP contribution in [0.5, 0.6) is 0 Å². The number of nitro benzene ring substituents is 1. The van der Waals surface area contributed by atoms with Gasteiger partial charge in [-0.05, 0) is 24.8 Å². The van der Waals surface area contributed by atoms with Gasteiger partial charge in [0.2, 0.25) is 0 Å². The van der Waals surface area contributed by atoms with Gasteiger partial charge in [0.15, 0.2) is 9.84 Å². The molecule has 0 aromatic heterocycles. The summed E-state index contributed by atoms with van der Waals surface area (Å²) in [6.07, 6.45) is 1.69. The van der Waals surface area contributed by atoms with Crippen LogP contribution < -0.4 is 5.73 Å². The van der Waals surface area contributed by atoms with Gasteiger partial charge >= 0.3 is 0 Å².